The second-order valence-electron chi connectivity index (χ2n) is 4.30. The fourth-order valence-electron chi connectivity index (χ4n) is 2.16. The summed E-state index contributed by atoms with van der Waals surface area (Å²) in [7, 11) is 5.81. The molecule has 17 heavy (non-hydrogen) atoms. The standard InChI is InChI=1S/C13H19N3O/c1-16(2)12(13-14-8-9-15-13)10-6-4-5-7-11(10)17-3/h4-7,12H,8-9H2,1-3H3,(H,14,15). The van der Waals surface area contributed by atoms with Gasteiger partial charge in [-0.2, -0.15) is 0 Å². The van der Waals surface area contributed by atoms with E-state index >= 15 is 0 Å². The maximum Gasteiger partial charge on any atom is 0.124 e. The second-order valence-corrected chi connectivity index (χ2v) is 4.30. The molecule has 1 atom stereocenters. The highest BCUT2D eigenvalue weighted by molar-refractivity contribution is 5.90. The van der Waals surface area contributed by atoms with Crippen molar-refractivity contribution in [2.24, 2.45) is 4.99 Å². The van der Waals surface area contributed by atoms with Gasteiger partial charge in [-0.15, -0.1) is 0 Å². The highest BCUT2D eigenvalue weighted by Crippen LogP contribution is 2.29. The van der Waals surface area contributed by atoms with E-state index in [1.165, 1.54) is 0 Å². The van der Waals surface area contributed by atoms with E-state index in [0.29, 0.717) is 0 Å². The molecule has 0 radical (unpaired) electrons. The Bertz CT molecular complexity index is 415. The van der Waals surface area contributed by atoms with Crippen LogP contribution in [-0.2, 0) is 0 Å². The lowest BCUT2D eigenvalue weighted by Crippen LogP contribution is -2.34. The molecule has 0 saturated carbocycles. The highest BCUT2D eigenvalue weighted by atomic mass is 16.5. The van der Waals surface area contributed by atoms with Gasteiger partial charge in [-0.05, 0) is 20.2 Å². The Morgan fingerprint density at radius 2 is 2.12 bits per heavy atom. The van der Waals surface area contributed by atoms with Gasteiger partial charge in [0.25, 0.3) is 0 Å². The topological polar surface area (TPSA) is 36.9 Å². The number of nitrogens with one attached hydrogen (secondary N) is 1. The monoisotopic (exact) mass is 233 g/mol. The van der Waals surface area contributed by atoms with Crippen LogP contribution in [0.5, 0.6) is 5.75 Å². The number of para-hydroxylation sites is 1. The first-order valence-electron chi connectivity index (χ1n) is 5.81. The summed E-state index contributed by atoms with van der Waals surface area (Å²) in [6.45, 7) is 1.78. The number of methoxy groups -OCH3 is 1. The minimum absolute atomic E-state index is 0.133. The number of amidine groups is 1. The molecule has 1 N–H and O–H groups in total. The Labute approximate surface area is 102 Å². The van der Waals surface area contributed by atoms with Gasteiger partial charge >= 0.3 is 0 Å². The molecule has 0 aliphatic carbocycles. The van der Waals surface area contributed by atoms with Crippen LogP contribution in [0.15, 0.2) is 29.3 Å². The second kappa shape index (κ2) is 5.19. The van der Waals surface area contributed by atoms with Crippen LogP contribution in [0.4, 0.5) is 0 Å². The third-order valence-electron chi connectivity index (χ3n) is 2.91. The van der Waals surface area contributed by atoms with Crippen LogP contribution in [0.25, 0.3) is 0 Å². The molecular formula is C13H19N3O. The van der Waals surface area contributed by atoms with Crippen LogP contribution >= 0.6 is 0 Å². The van der Waals surface area contributed by atoms with E-state index in [9.17, 15) is 0 Å². The maximum absolute atomic E-state index is 5.43. The lowest BCUT2D eigenvalue weighted by atomic mass is 10.0. The van der Waals surface area contributed by atoms with Gasteiger partial charge in [0.2, 0.25) is 0 Å². The first-order valence-corrected chi connectivity index (χ1v) is 5.81. The number of likely N-dealkylation sites (N-methyl/N-ethyl adjacent to an activating group) is 1. The van der Waals surface area contributed by atoms with Gasteiger partial charge in [0.05, 0.1) is 19.7 Å². The number of rotatable bonds is 4. The highest BCUT2D eigenvalue weighted by Gasteiger charge is 2.25. The molecule has 1 unspecified atom stereocenters. The average molecular weight is 233 g/mol. The van der Waals surface area contributed by atoms with Crippen LogP contribution in [0.1, 0.15) is 11.6 Å². The maximum atomic E-state index is 5.43. The lowest BCUT2D eigenvalue weighted by Gasteiger charge is -2.26. The van der Waals surface area contributed by atoms with Gasteiger partial charge in [-0.1, -0.05) is 18.2 Å². The smallest absolute Gasteiger partial charge is 0.124 e. The molecule has 0 spiro atoms. The SMILES string of the molecule is COc1ccccc1C(C1=NCCN1)N(C)C. The van der Waals surface area contributed by atoms with E-state index in [1.54, 1.807) is 7.11 Å². The molecule has 0 bridgehead atoms. The third-order valence-corrected chi connectivity index (χ3v) is 2.91. The van der Waals surface area contributed by atoms with Gasteiger partial charge < -0.3 is 10.1 Å². The minimum Gasteiger partial charge on any atom is -0.496 e. The van der Waals surface area contributed by atoms with Crippen LogP contribution in [0.3, 0.4) is 0 Å². The van der Waals surface area contributed by atoms with Gasteiger partial charge in [-0.3, -0.25) is 9.89 Å². The Hall–Kier alpha value is -1.55. The predicted octanol–water partition coefficient (Wildman–Crippen LogP) is 1.30. The number of aliphatic imine (C=N–C) groups is 1. The summed E-state index contributed by atoms with van der Waals surface area (Å²) in [6, 6.07) is 8.23. The predicted molar refractivity (Wildman–Crippen MR) is 69.7 cm³/mol. The number of ether oxygens (including phenoxy) is 1. The first-order chi connectivity index (χ1) is 8.24. The van der Waals surface area contributed by atoms with Gasteiger partial charge in [0.15, 0.2) is 0 Å². The first kappa shape index (κ1) is 11.9. The molecule has 1 aromatic carbocycles. The van der Waals surface area contributed by atoms with E-state index in [0.717, 1.165) is 30.2 Å². The summed E-state index contributed by atoms with van der Waals surface area (Å²) in [4.78, 5) is 6.67. The van der Waals surface area contributed by atoms with Crippen molar-refractivity contribution in [1.29, 1.82) is 0 Å². The average Bonchev–Trinajstić information content (AvgIpc) is 2.83. The van der Waals surface area contributed by atoms with Crippen molar-refractivity contribution in [3.05, 3.63) is 29.8 Å². The fraction of sp³-hybridized carbons (Fsp3) is 0.462. The zero-order chi connectivity index (χ0) is 12.3. The third kappa shape index (κ3) is 2.42. The molecule has 2 rings (SSSR count). The fourth-order valence-corrected chi connectivity index (χ4v) is 2.16. The molecular weight excluding hydrogens is 214 g/mol. The number of nitrogens with zero attached hydrogens (tertiary/aromatic N) is 2. The van der Waals surface area contributed by atoms with Crippen molar-refractivity contribution in [2.75, 3.05) is 34.3 Å². The summed E-state index contributed by atoms with van der Waals surface area (Å²) in [6.07, 6.45) is 0. The molecule has 0 fully saturated rings. The van der Waals surface area contributed by atoms with Crippen molar-refractivity contribution in [3.63, 3.8) is 0 Å². The minimum atomic E-state index is 0.133. The van der Waals surface area contributed by atoms with E-state index in [2.05, 4.69) is 35.4 Å². The van der Waals surface area contributed by atoms with Crippen molar-refractivity contribution in [3.8, 4) is 5.75 Å². The van der Waals surface area contributed by atoms with Crippen LogP contribution in [0, 0.1) is 0 Å². The van der Waals surface area contributed by atoms with Crippen molar-refractivity contribution in [2.45, 2.75) is 6.04 Å². The Morgan fingerprint density at radius 3 is 2.71 bits per heavy atom. The Kier molecular flexibility index (Phi) is 3.64. The molecule has 0 saturated heterocycles. The van der Waals surface area contributed by atoms with Crippen molar-refractivity contribution < 1.29 is 4.74 Å². The number of benzene rings is 1. The number of hydrogen-bond acceptors (Lipinski definition) is 4. The molecule has 4 heteroatoms. The normalized spacial score (nSPS) is 16.6. The summed E-state index contributed by atoms with van der Waals surface area (Å²) in [5.74, 6) is 1.93. The lowest BCUT2D eigenvalue weighted by molar-refractivity contribution is 0.346. The molecule has 1 aliphatic rings. The Morgan fingerprint density at radius 1 is 1.35 bits per heavy atom. The van der Waals surface area contributed by atoms with Gasteiger partial charge in [-0.25, -0.2) is 0 Å². The van der Waals surface area contributed by atoms with E-state index < -0.39 is 0 Å². The quantitative estimate of drug-likeness (QED) is 0.851. The zero-order valence-corrected chi connectivity index (χ0v) is 10.6. The van der Waals surface area contributed by atoms with Crippen molar-refractivity contribution >= 4 is 5.84 Å². The summed E-state index contributed by atoms with van der Waals surface area (Å²) in [5, 5.41) is 3.34. The molecule has 0 aromatic heterocycles. The molecule has 1 aromatic rings. The molecule has 4 nitrogen and oxygen atoms in total. The van der Waals surface area contributed by atoms with Crippen LogP contribution < -0.4 is 10.1 Å². The molecule has 0 amide bonds. The zero-order valence-electron chi connectivity index (χ0n) is 10.6. The van der Waals surface area contributed by atoms with E-state index in [-0.39, 0.29) is 6.04 Å². The summed E-state index contributed by atoms with van der Waals surface area (Å²) in [5.41, 5.74) is 1.15. The largest absolute Gasteiger partial charge is 0.496 e. The summed E-state index contributed by atoms with van der Waals surface area (Å²) < 4.78 is 5.43. The molecule has 92 valence electrons. The Balaban J connectivity index is 2.38. The van der Waals surface area contributed by atoms with Gasteiger partial charge in [0.1, 0.15) is 11.6 Å². The van der Waals surface area contributed by atoms with E-state index in [1.807, 2.05) is 18.2 Å². The molecule has 1 heterocycles. The molecule has 1 aliphatic heterocycles. The van der Waals surface area contributed by atoms with Crippen molar-refractivity contribution in [1.82, 2.24) is 10.2 Å². The van der Waals surface area contributed by atoms with Crippen LogP contribution in [-0.4, -0.2) is 45.0 Å². The van der Waals surface area contributed by atoms with E-state index in [4.69, 9.17) is 4.74 Å². The number of hydrogen-bond donors (Lipinski definition) is 1. The van der Waals surface area contributed by atoms with Crippen LogP contribution in [0.2, 0.25) is 0 Å². The summed E-state index contributed by atoms with van der Waals surface area (Å²) >= 11 is 0. The van der Waals surface area contributed by atoms with Gasteiger partial charge in [0, 0.05) is 12.1 Å².